The minimum Gasteiger partial charge on any atom is -0.379 e. The van der Waals surface area contributed by atoms with Crippen molar-refractivity contribution >= 4 is 0 Å². The van der Waals surface area contributed by atoms with Crippen molar-refractivity contribution in [1.29, 1.82) is 0 Å². The van der Waals surface area contributed by atoms with Crippen LogP contribution in [0.15, 0.2) is 12.7 Å². The molecule has 0 aliphatic carbocycles. The second kappa shape index (κ2) is 6.13. The predicted octanol–water partition coefficient (Wildman–Crippen LogP) is 1.38. The molecule has 13 heavy (non-hydrogen) atoms. The maximum absolute atomic E-state index is 5.38. The number of ether oxygens (including phenoxy) is 3. The van der Waals surface area contributed by atoms with Gasteiger partial charge in [0.1, 0.15) is 6.10 Å². The van der Waals surface area contributed by atoms with Crippen LogP contribution in [0.2, 0.25) is 0 Å². The highest BCUT2D eigenvalue weighted by atomic mass is 16.6. The van der Waals surface area contributed by atoms with Crippen LogP contribution in [-0.2, 0) is 14.2 Å². The molecular weight excluding hydrogens is 168 g/mol. The van der Waals surface area contributed by atoms with Crippen LogP contribution < -0.4 is 0 Å². The maximum Gasteiger partial charge on any atom is 0.104 e. The standard InChI is InChI=1S/C10H18O3/c1-3-5-12-9(2)4-6-11-7-10-8-13-10/h3,9-10H,1,4-8H2,2H3. The fraction of sp³-hybridized carbons (Fsp3) is 0.800. The summed E-state index contributed by atoms with van der Waals surface area (Å²) in [7, 11) is 0. The third kappa shape index (κ3) is 5.80. The van der Waals surface area contributed by atoms with Crippen LogP contribution >= 0.6 is 0 Å². The molecule has 0 N–H and O–H groups in total. The molecule has 0 aromatic rings. The molecule has 1 saturated heterocycles. The Kier molecular flexibility index (Phi) is 5.05. The lowest BCUT2D eigenvalue weighted by molar-refractivity contribution is 0.0417. The van der Waals surface area contributed by atoms with E-state index in [9.17, 15) is 0 Å². The van der Waals surface area contributed by atoms with Gasteiger partial charge in [0.15, 0.2) is 0 Å². The molecule has 1 aliphatic rings. The fourth-order valence-electron chi connectivity index (χ4n) is 0.944. The molecule has 0 aromatic carbocycles. The summed E-state index contributed by atoms with van der Waals surface area (Å²) in [5.41, 5.74) is 0. The molecule has 1 heterocycles. The lowest BCUT2D eigenvalue weighted by Gasteiger charge is -2.10. The summed E-state index contributed by atoms with van der Waals surface area (Å²) in [6.07, 6.45) is 3.30. The maximum atomic E-state index is 5.38. The summed E-state index contributed by atoms with van der Waals surface area (Å²) < 4.78 is 15.8. The van der Waals surface area contributed by atoms with Crippen molar-refractivity contribution in [3.05, 3.63) is 12.7 Å². The Hall–Kier alpha value is -0.380. The van der Waals surface area contributed by atoms with Crippen molar-refractivity contribution in [3.63, 3.8) is 0 Å². The third-order valence-electron chi connectivity index (χ3n) is 1.87. The minimum absolute atomic E-state index is 0.248. The minimum atomic E-state index is 0.248. The zero-order valence-electron chi connectivity index (χ0n) is 8.20. The van der Waals surface area contributed by atoms with Crippen molar-refractivity contribution in [2.45, 2.75) is 25.6 Å². The van der Waals surface area contributed by atoms with Gasteiger partial charge in [-0.15, -0.1) is 6.58 Å². The van der Waals surface area contributed by atoms with Gasteiger partial charge in [0.2, 0.25) is 0 Å². The van der Waals surface area contributed by atoms with Gasteiger partial charge in [-0.2, -0.15) is 0 Å². The van der Waals surface area contributed by atoms with Crippen molar-refractivity contribution in [3.8, 4) is 0 Å². The molecule has 0 amide bonds. The van der Waals surface area contributed by atoms with Crippen LogP contribution in [0.25, 0.3) is 0 Å². The van der Waals surface area contributed by atoms with Crippen molar-refractivity contribution in [1.82, 2.24) is 0 Å². The lowest BCUT2D eigenvalue weighted by Crippen LogP contribution is -2.13. The first-order chi connectivity index (χ1) is 6.33. The molecule has 3 heteroatoms. The molecule has 0 spiro atoms. The largest absolute Gasteiger partial charge is 0.379 e. The van der Waals surface area contributed by atoms with Crippen LogP contribution in [0.3, 0.4) is 0 Å². The molecule has 0 bridgehead atoms. The second-order valence-corrected chi connectivity index (χ2v) is 3.25. The van der Waals surface area contributed by atoms with Crippen LogP contribution in [0.5, 0.6) is 0 Å². The average Bonchev–Trinajstić information content (AvgIpc) is 2.92. The molecule has 2 atom stereocenters. The highest BCUT2D eigenvalue weighted by molar-refractivity contribution is 4.68. The predicted molar refractivity (Wildman–Crippen MR) is 50.8 cm³/mol. The van der Waals surface area contributed by atoms with Gasteiger partial charge in [-0.05, 0) is 13.3 Å². The first-order valence-corrected chi connectivity index (χ1v) is 4.74. The number of hydrogen-bond donors (Lipinski definition) is 0. The van der Waals surface area contributed by atoms with Gasteiger partial charge in [-0.1, -0.05) is 6.08 Å². The summed E-state index contributed by atoms with van der Waals surface area (Å²) in [6.45, 7) is 8.59. The molecular formula is C10H18O3. The molecule has 76 valence electrons. The summed E-state index contributed by atoms with van der Waals surface area (Å²) in [5, 5.41) is 0. The Morgan fingerprint density at radius 1 is 1.69 bits per heavy atom. The van der Waals surface area contributed by atoms with Gasteiger partial charge in [-0.3, -0.25) is 0 Å². The first-order valence-electron chi connectivity index (χ1n) is 4.74. The van der Waals surface area contributed by atoms with E-state index in [2.05, 4.69) is 6.58 Å². The number of hydrogen-bond acceptors (Lipinski definition) is 3. The zero-order chi connectivity index (χ0) is 9.52. The van der Waals surface area contributed by atoms with E-state index in [1.54, 1.807) is 6.08 Å². The molecule has 2 unspecified atom stereocenters. The lowest BCUT2D eigenvalue weighted by atomic mass is 10.3. The van der Waals surface area contributed by atoms with Crippen LogP contribution in [0, 0.1) is 0 Å². The van der Waals surface area contributed by atoms with E-state index in [4.69, 9.17) is 14.2 Å². The fourth-order valence-corrected chi connectivity index (χ4v) is 0.944. The van der Waals surface area contributed by atoms with Crippen LogP contribution in [0.4, 0.5) is 0 Å². The molecule has 0 aromatic heterocycles. The van der Waals surface area contributed by atoms with Crippen LogP contribution in [0.1, 0.15) is 13.3 Å². The highest BCUT2D eigenvalue weighted by Gasteiger charge is 2.22. The van der Waals surface area contributed by atoms with Gasteiger partial charge in [0, 0.05) is 6.61 Å². The van der Waals surface area contributed by atoms with Gasteiger partial charge < -0.3 is 14.2 Å². The third-order valence-corrected chi connectivity index (χ3v) is 1.87. The van der Waals surface area contributed by atoms with E-state index in [0.717, 1.165) is 26.2 Å². The van der Waals surface area contributed by atoms with E-state index >= 15 is 0 Å². The Labute approximate surface area is 79.7 Å². The Morgan fingerprint density at radius 2 is 2.46 bits per heavy atom. The molecule has 0 radical (unpaired) electrons. The second-order valence-electron chi connectivity index (χ2n) is 3.25. The smallest absolute Gasteiger partial charge is 0.104 e. The van der Waals surface area contributed by atoms with E-state index < -0.39 is 0 Å². The number of epoxide rings is 1. The monoisotopic (exact) mass is 186 g/mol. The Balaban J connectivity index is 1.82. The van der Waals surface area contributed by atoms with E-state index in [1.807, 2.05) is 6.92 Å². The SMILES string of the molecule is C=CCOC(C)CCOCC1CO1. The summed E-state index contributed by atoms with van der Waals surface area (Å²) in [6, 6.07) is 0. The van der Waals surface area contributed by atoms with Gasteiger partial charge in [0.25, 0.3) is 0 Å². The first kappa shape index (κ1) is 10.7. The van der Waals surface area contributed by atoms with Crippen LogP contribution in [-0.4, -0.2) is 38.6 Å². The van der Waals surface area contributed by atoms with E-state index in [1.165, 1.54) is 0 Å². The van der Waals surface area contributed by atoms with Gasteiger partial charge in [-0.25, -0.2) is 0 Å². The molecule has 1 rings (SSSR count). The van der Waals surface area contributed by atoms with Gasteiger partial charge in [0.05, 0.1) is 25.9 Å². The topological polar surface area (TPSA) is 31.0 Å². The molecule has 3 nitrogen and oxygen atoms in total. The van der Waals surface area contributed by atoms with Gasteiger partial charge >= 0.3 is 0 Å². The summed E-state index contributed by atoms with van der Waals surface area (Å²) >= 11 is 0. The molecule has 1 fully saturated rings. The molecule has 1 aliphatic heterocycles. The Morgan fingerprint density at radius 3 is 3.08 bits per heavy atom. The van der Waals surface area contributed by atoms with Crippen molar-refractivity contribution in [2.24, 2.45) is 0 Å². The average molecular weight is 186 g/mol. The zero-order valence-corrected chi connectivity index (χ0v) is 8.20. The van der Waals surface area contributed by atoms with E-state index in [0.29, 0.717) is 12.7 Å². The number of rotatable bonds is 8. The quantitative estimate of drug-likeness (QED) is 0.326. The van der Waals surface area contributed by atoms with Crippen molar-refractivity contribution in [2.75, 3.05) is 26.4 Å². The highest BCUT2D eigenvalue weighted by Crippen LogP contribution is 2.09. The van der Waals surface area contributed by atoms with Crippen molar-refractivity contribution < 1.29 is 14.2 Å². The summed E-state index contributed by atoms with van der Waals surface area (Å²) in [5.74, 6) is 0. The summed E-state index contributed by atoms with van der Waals surface area (Å²) in [4.78, 5) is 0. The normalized spacial score (nSPS) is 22.7. The Bertz CT molecular complexity index is 143. The molecule has 0 saturated carbocycles. The van der Waals surface area contributed by atoms with E-state index in [-0.39, 0.29) is 6.10 Å².